The summed E-state index contributed by atoms with van der Waals surface area (Å²) in [7, 11) is -3.77. The van der Waals surface area contributed by atoms with E-state index in [0.29, 0.717) is 16.9 Å². The van der Waals surface area contributed by atoms with Gasteiger partial charge in [-0.15, -0.1) is 4.67 Å². The average molecular weight is 578 g/mol. The van der Waals surface area contributed by atoms with E-state index >= 15 is 0 Å². The largest absolute Gasteiger partial charge is 0.438 e. The van der Waals surface area contributed by atoms with Crippen LogP contribution in [0.1, 0.15) is 52.7 Å². The van der Waals surface area contributed by atoms with Gasteiger partial charge in [-0.25, -0.2) is 9.57 Å². The number of carbonyl (C=O) groups excluding carboxylic acids is 1. The lowest BCUT2D eigenvalue weighted by atomic mass is 9.98. The second-order valence-electron chi connectivity index (χ2n) is 10.4. The van der Waals surface area contributed by atoms with Crippen molar-refractivity contribution >= 4 is 42.0 Å². The summed E-state index contributed by atoms with van der Waals surface area (Å²) in [5.41, 5.74) is -0.437. The molecular formula is C22H33ClN5O9P. The lowest BCUT2D eigenvalue weighted by molar-refractivity contribution is -0.241. The fourth-order valence-electron chi connectivity index (χ4n) is 4.13. The Morgan fingerprint density at radius 3 is 2.66 bits per heavy atom. The predicted octanol–water partition coefficient (Wildman–Crippen LogP) is 2.79. The van der Waals surface area contributed by atoms with Gasteiger partial charge in [-0.1, -0.05) is 12.8 Å². The monoisotopic (exact) mass is 577 g/mol. The number of hydrogen-bond donors (Lipinski definition) is 3. The maximum absolute atomic E-state index is 12.4. The third kappa shape index (κ3) is 6.80. The van der Waals surface area contributed by atoms with E-state index in [4.69, 9.17) is 35.2 Å². The molecule has 3 N–H and O–H groups in total. The maximum Gasteiger partial charge on any atom is 0.358 e. The predicted molar refractivity (Wildman–Crippen MR) is 134 cm³/mol. The quantitative estimate of drug-likeness (QED) is 0.0938. The third-order valence-corrected chi connectivity index (χ3v) is 7.33. The summed E-state index contributed by atoms with van der Waals surface area (Å²) in [5, 5.41) is 29.5. The molecule has 0 aromatic carbocycles. The first-order valence-electron chi connectivity index (χ1n) is 12.2. The molecule has 1 unspecified atom stereocenters. The highest BCUT2D eigenvalue weighted by Gasteiger charge is 2.45. The molecule has 0 amide bonds. The molecule has 2 aromatic rings. The zero-order chi connectivity index (χ0) is 27.7. The summed E-state index contributed by atoms with van der Waals surface area (Å²) in [6.07, 6.45) is 0.881. The number of halogens is 1. The van der Waals surface area contributed by atoms with E-state index in [0.717, 1.165) is 32.3 Å². The number of aliphatic hydroxyl groups is 2. The molecule has 1 aliphatic heterocycles. The van der Waals surface area contributed by atoms with Crippen LogP contribution < -0.4 is 5.32 Å². The van der Waals surface area contributed by atoms with Gasteiger partial charge in [0.2, 0.25) is 12.1 Å². The summed E-state index contributed by atoms with van der Waals surface area (Å²) in [6.45, 7) is 5.11. The maximum atomic E-state index is 12.4. The lowest BCUT2D eigenvalue weighted by Crippen LogP contribution is -2.34. The van der Waals surface area contributed by atoms with Crippen LogP contribution in [-0.4, -0.2) is 80.3 Å². The van der Waals surface area contributed by atoms with Gasteiger partial charge in [-0.05, 0) is 45.2 Å². The second kappa shape index (κ2) is 11.7. The molecule has 14 nitrogen and oxygen atoms in total. The van der Waals surface area contributed by atoms with E-state index in [9.17, 15) is 19.6 Å². The first kappa shape index (κ1) is 29.1. The van der Waals surface area contributed by atoms with E-state index in [2.05, 4.69) is 20.4 Å². The summed E-state index contributed by atoms with van der Waals surface area (Å²) in [5.74, 6) is -0.00795. The summed E-state index contributed by atoms with van der Waals surface area (Å²) >= 11 is 6.17. The molecule has 1 saturated carbocycles. The minimum atomic E-state index is -3.77. The molecule has 2 aliphatic rings. The molecule has 5 atom stereocenters. The van der Waals surface area contributed by atoms with Gasteiger partial charge < -0.3 is 25.0 Å². The molecule has 2 fully saturated rings. The Labute approximate surface area is 224 Å². The van der Waals surface area contributed by atoms with Crippen molar-refractivity contribution in [1.29, 1.82) is 0 Å². The minimum absolute atomic E-state index is 0.00653. The van der Waals surface area contributed by atoms with Crippen molar-refractivity contribution in [2.45, 2.75) is 77.0 Å². The Balaban J connectivity index is 1.36. The second-order valence-corrected chi connectivity index (χ2v) is 12.7. The number of carbonyl (C=O) groups is 1. The lowest BCUT2D eigenvalue weighted by Gasteiger charge is -2.19. The van der Waals surface area contributed by atoms with E-state index in [1.807, 2.05) is 0 Å². The van der Waals surface area contributed by atoms with E-state index in [1.54, 1.807) is 20.8 Å². The number of aromatic nitrogens is 4. The zero-order valence-electron chi connectivity index (χ0n) is 21.6. The van der Waals surface area contributed by atoms with Crippen LogP contribution >= 0.6 is 19.2 Å². The Morgan fingerprint density at radius 2 is 1.97 bits per heavy atom. The first-order valence-corrected chi connectivity index (χ1v) is 14.6. The molecule has 38 heavy (non-hydrogen) atoms. The van der Waals surface area contributed by atoms with Crippen LogP contribution in [0, 0.1) is 5.41 Å². The standard InChI is InChI=1S/C22H33ClN5O9P/c1-22(2,3)20(31)33-11-35-38(4,32)37-34-10-14-15(29)16(30)19(36-14)28-18-13(9-24-28)17(26-21(23)27-18)25-12-7-5-6-8-12/h9,12,14-16,19,29-30H,5-8,10-11H2,1-4H3,(H,25,26,27)/t14-,15-,16-,19-,38?/m1/s1. The van der Waals surface area contributed by atoms with Crippen LogP contribution in [-0.2, 0) is 32.9 Å². The van der Waals surface area contributed by atoms with E-state index < -0.39 is 56.9 Å². The Hall–Kier alpha value is -1.90. The molecule has 2 aromatic heterocycles. The van der Waals surface area contributed by atoms with Crippen molar-refractivity contribution in [3.63, 3.8) is 0 Å². The highest BCUT2D eigenvalue weighted by Crippen LogP contribution is 2.44. The molecule has 16 heteroatoms. The third-order valence-electron chi connectivity index (χ3n) is 6.21. The number of ether oxygens (including phenoxy) is 2. The zero-order valence-corrected chi connectivity index (χ0v) is 23.2. The van der Waals surface area contributed by atoms with Crippen LogP contribution in [0.15, 0.2) is 6.20 Å². The van der Waals surface area contributed by atoms with Crippen molar-refractivity contribution in [1.82, 2.24) is 19.7 Å². The number of nitrogens with one attached hydrogen (secondary N) is 1. The molecule has 212 valence electrons. The number of nitrogens with zero attached hydrogens (tertiary/aromatic N) is 4. The van der Waals surface area contributed by atoms with Crippen molar-refractivity contribution in [3.05, 3.63) is 11.5 Å². The van der Waals surface area contributed by atoms with Gasteiger partial charge in [0, 0.05) is 12.7 Å². The van der Waals surface area contributed by atoms with Gasteiger partial charge in [0.15, 0.2) is 11.9 Å². The smallest absolute Gasteiger partial charge is 0.358 e. The van der Waals surface area contributed by atoms with E-state index in [1.165, 1.54) is 10.9 Å². The van der Waals surface area contributed by atoms with Crippen molar-refractivity contribution in [2.24, 2.45) is 5.41 Å². The Morgan fingerprint density at radius 1 is 1.26 bits per heavy atom. The van der Waals surface area contributed by atoms with Crippen molar-refractivity contribution < 1.29 is 43.1 Å². The SMILES string of the molecule is CC(C)(C)C(=O)OCOP(C)(=O)OOC[C@H]1O[C@@H](n2ncc3c(NC4CCCC4)nc(Cl)nc32)[C@H](O)[C@@H]1O. The molecular weight excluding hydrogens is 545 g/mol. The molecule has 1 aliphatic carbocycles. The molecule has 1 saturated heterocycles. The number of anilines is 1. The molecule has 0 bridgehead atoms. The van der Waals surface area contributed by atoms with Crippen LogP contribution in [0.4, 0.5) is 5.82 Å². The molecule has 0 spiro atoms. The molecule has 0 radical (unpaired) electrons. The van der Waals surface area contributed by atoms with Gasteiger partial charge in [-0.3, -0.25) is 13.9 Å². The summed E-state index contributed by atoms with van der Waals surface area (Å²) in [4.78, 5) is 25.3. The minimum Gasteiger partial charge on any atom is -0.438 e. The summed E-state index contributed by atoms with van der Waals surface area (Å²) in [6, 6.07) is 0.272. The Kier molecular flexibility index (Phi) is 8.95. The normalized spacial score (nSPS) is 26.1. The number of rotatable bonds is 10. The fraction of sp³-hybridized carbons (Fsp3) is 0.727. The Bertz CT molecular complexity index is 1190. The van der Waals surface area contributed by atoms with Crippen molar-refractivity contribution in [3.8, 4) is 0 Å². The highest BCUT2D eigenvalue weighted by molar-refractivity contribution is 7.52. The topological polar surface area (TPSA) is 176 Å². The number of esters is 1. The van der Waals surface area contributed by atoms with Crippen LogP contribution in [0.3, 0.4) is 0 Å². The number of aliphatic hydroxyl groups excluding tert-OH is 2. The summed E-state index contributed by atoms with van der Waals surface area (Å²) < 4.78 is 34.2. The fourth-order valence-corrected chi connectivity index (χ4v) is 4.84. The van der Waals surface area contributed by atoms with Gasteiger partial charge in [-0.2, -0.15) is 15.1 Å². The van der Waals surface area contributed by atoms with Gasteiger partial charge in [0.25, 0.3) is 0 Å². The van der Waals surface area contributed by atoms with Gasteiger partial charge >= 0.3 is 13.6 Å². The van der Waals surface area contributed by atoms with Crippen LogP contribution in [0.2, 0.25) is 5.28 Å². The molecule has 3 heterocycles. The van der Waals surface area contributed by atoms with Crippen LogP contribution in [0.5, 0.6) is 0 Å². The van der Waals surface area contributed by atoms with Gasteiger partial charge in [0.1, 0.15) is 30.7 Å². The van der Waals surface area contributed by atoms with E-state index in [-0.39, 0.29) is 11.3 Å². The van der Waals surface area contributed by atoms with Crippen molar-refractivity contribution in [2.75, 3.05) is 25.4 Å². The van der Waals surface area contributed by atoms with Gasteiger partial charge in [0.05, 0.1) is 17.0 Å². The highest BCUT2D eigenvalue weighted by atomic mass is 35.5. The average Bonchev–Trinajstić information content (AvgIpc) is 3.55. The van der Waals surface area contributed by atoms with Crippen LogP contribution in [0.25, 0.3) is 11.0 Å². The number of fused-ring (bicyclic) bond motifs is 1. The molecule has 4 rings (SSSR count). The first-order chi connectivity index (χ1) is 17.9. The number of hydrogen-bond acceptors (Lipinski definition) is 13.